The number of aromatic amines is 1. The number of rotatable bonds is 4. The minimum atomic E-state index is 0.474. The van der Waals surface area contributed by atoms with E-state index in [1.807, 2.05) is 0 Å². The van der Waals surface area contributed by atoms with Gasteiger partial charge in [0.15, 0.2) is 0 Å². The predicted molar refractivity (Wildman–Crippen MR) is 61.4 cm³/mol. The number of nitrogens with one attached hydrogen (secondary N) is 2. The van der Waals surface area contributed by atoms with Gasteiger partial charge in [0, 0.05) is 6.07 Å². The number of ether oxygens (including phenoxy) is 1. The fourth-order valence-electron chi connectivity index (χ4n) is 1.39. The Morgan fingerprint density at radius 2 is 2.41 bits per heavy atom. The second-order valence-corrected chi connectivity index (χ2v) is 3.31. The molecule has 0 aliphatic rings. The van der Waals surface area contributed by atoms with E-state index in [9.17, 15) is 0 Å². The molecule has 0 fully saturated rings. The Kier molecular flexibility index (Phi) is 3.21. The maximum Gasteiger partial charge on any atom is 0.143 e. The highest BCUT2D eigenvalue weighted by atomic mass is 16.5. The number of hydrogen-bond acceptors (Lipinski definition) is 5. The molecule has 1 aromatic heterocycles. The molecule has 2 aromatic rings. The van der Waals surface area contributed by atoms with Crippen molar-refractivity contribution in [1.29, 1.82) is 5.26 Å². The molecule has 0 saturated carbocycles. The van der Waals surface area contributed by atoms with Gasteiger partial charge in [-0.05, 0) is 12.1 Å². The molecule has 0 aliphatic heterocycles. The highest BCUT2D eigenvalue weighted by molar-refractivity contribution is 5.60. The first-order chi connectivity index (χ1) is 8.33. The molecular weight excluding hydrogens is 218 g/mol. The third kappa shape index (κ3) is 2.52. The van der Waals surface area contributed by atoms with E-state index in [2.05, 4.69) is 26.6 Å². The van der Waals surface area contributed by atoms with Crippen LogP contribution in [0.25, 0.3) is 0 Å². The van der Waals surface area contributed by atoms with Crippen molar-refractivity contribution in [2.75, 3.05) is 12.4 Å². The van der Waals surface area contributed by atoms with Gasteiger partial charge in [0.1, 0.15) is 24.0 Å². The Bertz CT molecular complexity index is 529. The van der Waals surface area contributed by atoms with Gasteiger partial charge in [-0.1, -0.05) is 0 Å². The smallest absolute Gasteiger partial charge is 0.143 e. The summed E-state index contributed by atoms with van der Waals surface area (Å²) in [6, 6.07) is 7.34. The summed E-state index contributed by atoms with van der Waals surface area (Å²) in [5.74, 6) is 1.40. The van der Waals surface area contributed by atoms with Crippen LogP contribution < -0.4 is 10.1 Å². The van der Waals surface area contributed by atoms with Crippen molar-refractivity contribution < 1.29 is 4.74 Å². The summed E-state index contributed by atoms with van der Waals surface area (Å²) in [6.45, 7) is 0.474. The van der Waals surface area contributed by atoms with Crippen LogP contribution in [-0.2, 0) is 6.54 Å². The fraction of sp³-hybridized carbons (Fsp3) is 0.182. The second-order valence-electron chi connectivity index (χ2n) is 3.31. The summed E-state index contributed by atoms with van der Waals surface area (Å²) in [4.78, 5) is 3.99. The first-order valence-corrected chi connectivity index (χ1v) is 4.99. The van der Waals surface area contributed by atoms with Crippen molar-refractivity contribution >= 4 is 5.69 Å². The van der Waals surface area contributed by atoms with Gasteiger partial charge in [-0.15, -0.1) is 0 Å². The number of nitrogens with zero attached hydrogens (tertiary/aromatic N) is 3. The Morgan fingerprint density at radius 3 is 3.06 bits per heavy atom. The van der Waals surface area contributed by atoms with Gasteiger partial charge < -0.3 is 10.1 Å². The topological polar surface area (TPSA) is 86.6 Å². The van der Waals surface area contributed by atoms with Crippen LogP contribution in [0.5, 0.6) is 5.75 Å². The normalized spacial score (nSPS) is 9.65. The standard InChI is InChI=1S/C11H11N5O/c1-17-9-3-2-8(5-12)10(4-9)13-6-11-14-7-15-16-11/h2-4,7,13H,6H2,1H3,(H,14,15,16). The van der Waals surface area contributed by atoms with Gasteiger partial charge >= 0.3 is 0 Å². The molecular formula is C11H11N5O. The molecule has 6 nitrogen and oxygen atoms in total. The third-order valence-electron chi connectivity index (χ3n) is 2.26. The number of methoxy groups -OCH3 is 1. The first kappa shape index (κ1) is 11.0. The van der Waals surface area contributed by atoms with E-state index in [1.165, 1.54) is 6.33 Å². The van der Waals surface area contributed by atoms with Crippen LogP contribution >= 0.6 is 0 Å². The highest BCUT2D eigenvalue weighted by Crippen LogP contribution is 2.22. The van der Waals surface area contributed by atoms with Crippen molar-refractivity contribution in [1.82, 2.24) is 15.2 Å². The van der Waals surface area contributed by atoms with E-state index in [0.29, 0.717) is 29.4 Å². The van der Waals surface area contributed by atoms with Crippen molar-refractivity contribution in [3.05, 3.63) is 35.9 Å². The number of nitriles is 1. The average molecular weight is 229 g/mol. The molecule has 1 heterocycles. The van der Waals surface area contributed by atoms with Gasteiger partial charge in [-0.3, -0.25) is 5.10 Å². The zero-order valence-electron chi connectivity index (χ0n) is 9.27. The molecule has 86 valence electrons. The Balaban J connectivity index is 2.16. The first-order valence-electron chi connectivity index (χ1n) is 4.99. The molecule has 0 aliphatic carbocycles. The van der Waals surface area contributed by atoms with E-state index < -0.39 is 0 Å². The van der Waals surface area contributed by atoms with Crippen LogP contribution in [0.3, 0.4) is 0 Å². The Hall–Kier alpha value is -2.55. The van der Waals surface area contributed by atoms with E-state index >= 15 is 0 Å². The molecule has 6 heteroatoms. The van der Waals surface area contributed by atoms with Gasteiger partial charge in [0.05, 0.1) is 24.9 Å². The zero-order valence-corrected chi connectivity index (χ0v) is 9.27. The van der Waals surface area contributed by atoms with Gasteiger partial charge in [-0.2, -0.15) is 10.4 Å². The summed E-state index contributed by atoms with van der Waals surface area (Å²) in [6.07, 6.45) is 1.44. The maximum atomic E-state index is 8.97. The minimum absolute atomic E-state index is 0.474. The number of benzene rings is 1. The van der Waals surface area contributed by atoms with Crippen LogP contribution in [-0.4, -0.2) is 22.3 Å². The largest absolute Gasteiger partial charge is 0.497 e. The van der Waals surface area contributed by atoms with Crippen LogP contribution in [0.15, 0.2) is 24.5 Å². The number of hydrogen-bond donors (Lipinski definition) is 2. The van der Waals surface area contributed by atoms with Crippen LogP contribution in [0.2, 0.25) is 0 Å². The molecule has 0 unspecified atom stereocenters. The second kappa shape index (κ2) is 4.99. The van der Waals surface area contributed by atoms with Crippen molar-refractivity contribution in [2.45, 2.75) is 6.54 Å². The Morgan fingerprint density at radius 1 is 1.53 bits per heavy atom. The third-order valence-corrected chi connectivity index (χ3v) is 2.26. The average Bonchev–Trinajstić information content (AvgIpc) is 2.89. The molecule has 0 bridgehead atoms. The fourth-order valence-corrected chi connectivity index (χ4v) is 1.39. The lowest BCUT2D eigenvalue weighted by Gasteiger charge is -2.08. The zero-order chi connectivity index (χ0) is 12.1. The minimum Gasteiger partial charge on any atom is -0.497 e. The summed E-state index contributed by atoms with van der Waals surface area (Å²) in [5, 5.41) is 18.6. The lowest BCUT2D eigenvalue weighted by molar-refractivity contribution is 0.415. The van der Waals surface area contributed by atoms with Gasteiger partial charge in [0.2, 0.25) is 0 Å². The van der Waals surface area contributed by atoms with E-state index in [0.717, 1.165) is 0 Å². The molecule has 2 rings (SSSR count). The number of aromatic nitrogens is 3. The summed E-state index contributed by atoms with van der Waals surface area (Å²) in [7, 11) is 1.58. The molecule has 0 amide bonds. The van der Waals surface area contributed by atoms with E-state index in [4.69, 9.17) is 10.00 Å². The summed E-state index contributed by atoms with van der Waals surface area (Å²) < 4.78 is 5.11. The molecule has 0 saturated heterocycles. The van der Waals surface area contributed by atoms with Crippen LogP contribution in [0.1, 0.15) is 11.4 Å². The van der Waals surface area contributed by atoms with Gasteiger partial charge in [0.25, 0.3) is 0 Å². The van der Waals surface area contributed by atoms with E-state index in [-0.39, 0.29) is 0 Å². The van der Waals surface area contributed by atoms with Crippen LogP contribution in [0, 0.1) is 11.3 Å². The molecule has 0 spiro atoms. The summed E-state index contributed by atoms with van der Waals surface area (Å²) in [5.41, 5.74) is 1.27. The molecule has 0 atom stereocenters. The highest BCUT2D eigenvalue weighted by Gasteiger charge is 2.04. The quantitative estimate of drug-likeness (QED) is 0.825. The van der Waals surface area contributed by atoms with Crippen molar-refractivity contribution in [3.8, 4) is 11.8 Å². The SMILES string of the molecule is COc1ccc(C#N)c(NCc2ncn[nH]2)c1. The number of anilines is 1. The molecule has 17 heavy (non-hydrogen) atoms. The van der Waals surface area contributed by atoms with Crippen LogP contribution in [0.4, 0.5) is 5.69 Å². The predicted octanol–water partition coefficient (Wildman–Crippen LogP) is 1.30. The lowest BCUT2D eigenvalue weighted by atomic mass is 10.2. The monoisotopic (exact) mass is 229 g/mol. The van der Waals surface area contributed by atoms with Gasteiger partial charge in [-0.25, -0.2) is 4.98 Å². The molecule has 0 radical (unpaired) electrons. The lowest BCUT2D eigenvalue weighted by Crippen LogP contribution is -2.03. The summed E-state index contributed by atoms with van der Waals surface area (Å²) >= 11 is 0. The van der Waals surface area contributed by atoms with E-state index in [1.54, 1.807) is 25.3 Å². The molecule has 1 aromatic carbocycles. The Labute approximate surface area is 98.3 Å². The molecule has 2 N–H and O–H groups in total. The maximum absolute atomic E-state index is 8.97. The number of H-pyrrole nitrogens is 1. The van der Waals surface area contributed by atoms with Crippen molar-refractivity contribution in [2.24, 2.45) is 0 Å². The van der Waals surface area contributed by atoms with Crippen molar-refractivity contribution in [3.63, 3.8) is 0 Å².